The molecule has 1 aliphatic heterocycles. The highest BCUT2D eigenvalue weighted by Gasteiger charge is 2.51. The van der Waals surface area contributed by atoms with Gasteiger partial charge < -0.3 is 15.2 Å². The van der Waals surface area contributed by atoms with Crippen molar-refractivity contribution in [2.45, 2.75) is 30.8 Å². The molecule has 5 nitrogen and oxygen atoms in total. The first-order valence-electron chi connectivity index (χ1n) is 8.48. The van der Waals surface area contributed by atoms with Gasteiger partial charge in [0.15, 0.2) is 0 Å². The van der Waals surface area contributed by atoms with Crippen LogP contribution in [0.15, 0.2) is 24.3 Å². The number of ether oxygens (including phenoxy) is 1. The number of rotatable bonds is 6. The lowest BCUT2D eigenvalue weighted by Crippen LogP contribution is -2.52. The smallest absolute Gasteiger partial charge is 0.230 e. The molecule has 1 aromatic carbocycles. The zero-order valence-corrected chi connectivity index (χ0v) is 14.1. The quantitative estimate of drug-likeness (QED) is 0.815. The monoisotopic (exact) mass is 336 g/mol. The third-order valence-electron chi connectivity index (χ3n) is 4.86. The van der Waals surface area contributed by atoms with Crippen molar-refractivity contribution in [1.29, 1.82) is 0 Å². The molecule has 1 unspecified atom stereocenters. The molecular formula is C18H25FN2O3. The fourth-order valence-electron chi connectivity index (χ4n) is 3.29. The van der Waals surface area contributed by atoms with Gasteiger partial charge in [-0.25, -0.2) is 4.39 Å². The summed E-state index contributed by atoms with van der Waals surface area (Å²) >= 11 is 0. The predicted molar refractivity (Wildman–Crippen MR) is 88.2 cm³/mol. The summed E-state index contributed by atoms with van der Waals surface area (Å²) in [5.41, 5.74) is -0.921. The molecular weight excluding hydrogens is 311 g/mol. The Morgan fingerprint density at radius 2 is 2.12 bits per heavy atom. The Morgan fingerprint density at radius 1 is 1.42 bits per heavy atom. The molecule has 1 atom stereocenters. The first kappa shape index (κ1) is 17.3. The lowest BCUT2D eigenvalue weighted by molar-refractivity contribution is -0.125. The molecule has 1 saturated carbocycles. The SMILES string of the molecule is CC(O)(CNC(=O)C1(c2cccc(F)c2)CC1)CN1CCOCC1. The molecule has 1 heterocycles. The Kier molecular flexibility index (Phi) is 4.90. The van der Waals surface area contributed by atoms with Gasteiger partial charge in [-0.1, -0.05) is 12.1 Å². The molecule has 2 aliphatic rings. The summed E-state index contributed by atoms with van der Waals surface area (Å²) < 4.78 is 18.7. The first-order valence-corrected chi connectivity index (χ1v) is 8.48. The molecule has 0 spiro atoms. The molecule has 1 amide bonds. The summed E-state index contributed by atoms with van der Waals surface area (Å²) in [6.07, 6.45) is 1.43. The van der Waals surface area contributed by atoms with Crippen LogP contribution in [-0.2, 0) is 14.9 Å². The highest BCUT2D eigenvalue weighted by Crippen LogP contribution is 2.48. The standard InChI is InChI=1S/C18H25FN2O3/c1-17(23,13-21-7-9-24-10-8-21)12-20-16(22)18(5-6-18)14-3-2-4-15(19)11-14/h2-4,11,23H,5-10,12-13H2,1H3,(H,20,22). The Labute approximate surface area is 141 Å². The third-order valence-corrected chi connectivity index (χ3v) is 4.86. The van der Waals surface area contributed by atoms with E-state index in [0.717, 1.165) is 13.1 Å². The topological polar surface area (TPSA) is 61.8 Å². The number of aliphatic hydroxyl groups is 1. The Balaban J connectivity index is 1.56. The van der Waals surface area contributed by atoms with Gasteiger partial charge in [0.25, 0.3) is 0 Å². The van der Waals surface area contributed by atoms with Gasteiger partial charge in [0, 0.05) is 26.2 Å². The van der Waals surface area contributed by atoms with Gasteiger partial charge in [-0.05, 0) is 37.5 Å². The van der Waals surface area contributed by atoms with Crippen LogP contribution >= 0.6 is 0 Å². The maximum atomic E-state index is 13.4. The predicted octanol–water partition coefficient (Wildman–Crippen LogP) is 1.06. The summed E-state index contributed by atoms with van der Waals surface area (Å²) in [4.78, 5) is 14.7. The van der Waals surface area contributed by atoms with E-state index in [2.05, 4.69) is 10.2 Å². The second-order valence-corrected chi connectivity index (χ2v) is 7.16. The number of nitrogens with one attached hydrogen (secondary N) is 1. The fourth-order valence-corrected chi connectivity index (χ4v) is 3.29. The van der Waals surface area contributed by atoms with Crippen molar-refractivity contribution in [2.75, 3.05) is 39.4 Å². The van der Waals surface area contributed by atoms with Crippen molar-refractivity contribution in [2.24, 2.45) is 0 Å². The van der Waals surface area contributed by atoms with Crippen LogP contribution in [0.5, 0.6) is 0 Å². The molecule has 0 radical (unpaired) electrons. The molecule has 2 N–H and O–H groups in total. The second-order valence-electron chi connectivity index (χ2n) is 7.16. The molecule has 3 rings (SSSR count). The minimum absolute atomic E-state index is 0.129. The maximum absolute atomic E-state index is 13.4. The zero-order chi connectivity index (χ0) is 17.2. The number of hydrogen-bond donors (Lipinski definition) is 2. The van der Waals surface area contributed by atoms with Crippen LogP contribution in [0, 0.1) is 5.82 Å². The first-order chi connectivity index (χ1) is 11.4. The van der Waals surface area contributed by atoms with Gasteiger partial charge in [-0.3, -0.25) is 9.69 Å². The van der Waals surface area contributed by atoms with Gasteiger partial charge in [-0.2, -0.15) is 0 Å². The maximum Gasteiger partial charge on any atom is 0.230 e. The molecule has 2 fully saturated rings. The van der Waals surface area contributed by atoms with Crippen LogP contribution in [0.4, 0.5) is 4.39 Å². The van der Waals surface area contributed by atoms with E-state index >= 15 is 0 Å². The van der Waals surface area contributed by atoms with Crippen LogP contribution in [0.25, 0.3) is 0 Å². The molecule has 1 saturated heterocycles. The Morgan fingerprint density at radius 3 is 2.75 bits per heavy atom. The van der Waals surface area contributed by atoms with Gasteiger partial charge >= 0.3 is 0 Å². The summed E-state index contributed by atoms with van der Waals surface area (Å²) in [5.74, 6) is -0.457. The summed E-state index contributed by atoms with van der Waals surface area (Å²) in [6, 6.07) is 6.23. The van der Waals surface area contributed by atoms with E-state index in [1.807, 2.05) is 0 Å². The molecule has 0 bridgehead atoms. The highest BCUT2D eigenvalue weighted by molar-refractivity contribution is 5.91. The zero-order valence-electron chi connectivity index (χ0n) is 14.1. The van der Waals surface area contributed by atoms with Crippen molar-refractivity contribution in [3.63, 3.8) is 0 Å². The number of amides is 1. The largest absolute Gasteiger partial charge is 0.387 e. The number of morpholine rings is 1. The van der Waals surface area contributed by atoms with E-state index in [-0.39, 0.29) is 18.3 Å². The van der Waals surface area contributed by atoms with Crippen molar-refractivity contribution in [3.05, 3.63) is 35.6 Å². The van der Waals surface area contributed by atoms with Gasteiger partial charge in [-0.15, -0.1) is 0 Å². The van der Waals surface area contributed by atoms with Gasteiger partial charge in [0.1, 0.15) is 5.82 Å². The number of halogens is 1. The van der Waals surface area contributed by atoms with E-state index in [9.17, 15) is 14.3 Å². The summed E-state index contributed by atoms with van der Waals surface area (Å²) in [7, 11) is 0. The number of hydrogen-bond acceptors (Lipinski definition) is 4. The van der Waals surface area contributed by atoms with E-state index in [4.69, 9.17) is 4.74 Å². The van der Waals surface area contributed by atoms with Crippen LogP contribution in [0.1, 0.15) is 25.3 Å². The fraction of sp³-hybridized carbons (Fsp3) is 0.611. The minimum Gasteiger partial charge on any atom is -0.387 e. The molecule has 1 aliphatic carbocycles. The van der Waals surface area contributed by atoms with Crippen LogP contribution in [-0.4, -0.2) is 60.9 Å². The average molecular weight is 336 g/mol. The van der Waals surface area contributed by atoms with E-state index in [0.29, 0.717) is 38.2 Å². The second kappa shape index (κ2) is 6.78. The van der Waals surface area contributed by atoms with E-state index in [1.165, 1.54) is 12.1 Å². The molecule has 6 heteroatoms. The number of carbonyl (C=O) groups excluding carboxylic acids is 1. The summed E-state index contributed by atoms with van der Waals surface area (Å²) in [5, 5.41) is 13.4. The Bertz CT molecular complexity index is 596. The third kappa shape index (κ3) is 3.94. The van der Waals surface area contributed by atoms with Crippen LogP contribution in [0.2, 0.25) is 0 Å². The van der Waals surface area contributed by atoms with Crippen LogP contribution in [0.3, 0.4) is 0 Å². The lowest BCUT2D eigenvalue weighted by atomic mass is 9.94. The number of nitrogens with zero attached hydrogens (tertiary/aromatic N) is 1. The van der Waals surface area contributed by atoms with E-state index in [1.54, 1.807) is 19.1 Å². The normalized spacial score (nSPS) is 22.6. The highest BCUT2D eigenvalue weighted by atomic mass is 19.1. The molecule has 1 aromatic rings. The molecule has 0 aromatic heterocycles. The van der Waals surface area contributed by atoms with Crippen molar-refractivity contribution < 1.29 is 19.0 Å². The van der Waals surface area contributed by atoms with Gasteiger partial charge in [0.2, 0.25) is 5.91 Å². The van der Waals surface area contributed by atoms with Crippen molar-refractivity contribution >= 4 is 5.91 Å². The van der Waals surface area contributed by atoms with Crippen LogP contribution < -0.4 is 5.32 Å². The minimum atomic E-state index is -1.01. The van der Waals surface area contributed by atoms with Crippen molar-refractivity contribution in [3.8, 4) is 0 Å². The number of β-amino-alcohol motifs (C(OH)–C–C–N with tert-alkyl or cyclic N) is 1. The lowest BCUT2D eigenvalue weighted by Gasteiger charge is -2.34. The summed E-state index contributed by atoms with van der Waals surface area (Å²) in [6.45, 7) is 5.32. The number of carbonyl (C=O) groups is 1. The Hall–Kier alpha value is -1.50. The van der Waals surface area contributed by atoms with Gasteiger partial charge in [0.05, 0.1) is 24.2 Å². The number of benzene rings is 1. The average Bonchev–Trinajstić information content (AvgIpc) is 3.35. The molecule has 24 heavy (non-hydrogen) atoms. The van der Waals surface area contributed by atoms with Crippen molar-refractivity contribution in [1.82, 2.24) is 10.2 Å². The van der Waals surface area contributed by atoms with E-state index < -0.39 is 11.0 Å². The molecule has 132 valence electrons.